The average Bonchev–Trinajstić information content (AvgIpc) is 3.48. The quantitative estimate of drug-likeness (QED) is 0.405. The molecule has 10 heteroatoms. The van der Waals surface area contributed by atoms with Crippen LogP contribution in [-0.4, -0.2) is 32.1 Å². The summed E-state index contributed by atoms with van der Waals surface area (Å²) in [7, 11) is 3.12. The van der Waals surface area contributed by atoms with E-state index < -0.39 is 0 Å². The highest BCUT2D eigenvalue weighted by Crippen LogP contribution is 2.36. The lowest BCUT2D eigenvalue weighted by Gasteiger charge is -2.12. The number of nitrogens with one attached hydrogen (secondary N) is 1. The van der Waals surface area contributed by atoms with Gasteiger partial charge in [0.1, 0.15) is 18.0 Å². The smallest absolute Gasteiger partial charge is 0.264 e. The van der Waals surface area contributed by atoms with Crippen LogP contribution in [0.3, 0.4) is 0 Å². The predicted octanol–water partition coefficient (Wildman–Crippen LogP) is 5.56. The van der Waals surface area contributed by atoms with Gasteiger partial charge in [-0.25, -0.2) is 4.99 Å². The van der Waals surface area contributed by atoms with Gasteiger partial charge in [-0.1, -0.05) is 23.7 Å². The van der Waals surface area contributed by atoms with E-state index in [4.69, 9.17) is 35.3 Å². The summed E-state index contributed by atoms with van der Waals surface area (Å²) in [6.07, 6.45) is 1.77. The third-order valence-corrected chi connectivity index (χ3v) is 6.48. The van der Waals surface area contributed by atoms with Crippen LogP contribution in [0, 0.1) is 0 Å². The first kappa shape index (κ1) is 23.9. The molecule has 0 saturated carbocycles. The van der Waals surface area contributed by atoms with E-state index >= 15 is 0 Å². The lowest BCUT2D eigenvalue weighted by atomic mass is 10.1. The number of aliphatic imine (C=N–C) groups is 1. The number of hydrogen-bond acceptors (Lipinski definition) is 8. The number of rotatable bonds is 7. The van der Waals surface area contributed by atoms with Crippen molar-refractivity contribution in [2.24, 2.45) is 4.99 Å². The molecule has 0 aliphatic carbocycles. The first-order valence-electron chi connectivity index (χ1n) is 10.8. The van der Waals surface area contributed by atoms with Gasteiger partial charge in [0.05, 0.1) is 19.1 Å². The maximum Gasteiger partial charge on any atom is 0.264 e. The van der Waals surface area contributed by atoms with Gasteiger partial charge in [-0.3, -0.25) is 4.79 Å². The highest BCUT2D eigenvalue weighted by Gasteiger charge is 2.24. The van der Waals surface area contributed by atoms with E-state index in [1.165, 1.54) is 11.8 Å². The lowest BCUT2D eigenvalue weighted by molar-refractivity contribution is -0.115. The minimum absolute atomic E-state index is 0.225. The molecule has 1 N–H and O–H groups in total. The van der Waals surface area contributed by atoms with Gasteiger partial charge in [0.25, 0.3) is 5.91 Å². The van der Waals surface area contributed by atoms with E-state index in [1.54, 1.807) is 38.5 Å². The maximum absolute atomic E-state index is 12.5. The molecule has 0 unspecified atom stereocenters. The number of carbonyl (C=O) groups is 1. The van der Waals surface area contributed by atoms with E-state index in [0.717, 1.165) is 16.9 Å². The number of thioether (sulfide) groups is 1. The number of nitrogens with zero attached hydrogens (tertiary/aromatic N) is 1. The summed E-state index contributed by atoms with van der Waals surface area (Å²) in [6.45, 7) is 0.557. The normalized spacial score (nSPS) is 16.4. The zero-order valence-corrected chi connectivity index (χ0v) is 20.9. The van der Waals surface area contributed by atoms with Crippen molar-refractivity contribution < 1.29 is 28.5 Å². The topological polar surface area (TPSA) is 87.6 Å². The van der Waals surface area contributed by atoms with Crippen LogP contribution < -0.4 is 29.0 Å². The van der Waals surface area contributed by atoms with Gasteiger partial charge in [-0.05, 0) is 71.4 Å². The van der Waals surface area contributed by atoms with Crippen LogP contribution in [0.25, 0.3) is 6.08 Å². The Kier molecular flexibility index (Phi) is 6.92. The molecule has 0 atom stereocenters. The highest BCUT2D eigenvalue weighted by atomic mass is 35.5. The summed E-state index contributed by atoms with van der Waals surface area (Å²) in [6, 6.07) is 16.3. The Morgan fingerprint density at radius 2 is 1.81 bits per heavy atom. The summed E-state index contributed by atoms with van der Waals surface area (Å²) in [5.41, 5.74) is 2.25. The monoisotopic (exact) mass is 524 g/mol. The van der Waals surface area contributed by atoms with Gasteiger partial charge in [-0.15, -0.1) is 0 Å². The Morgan fingerprint density at radius 3 is 2.64 bits per heavy atom. The van der Waals surface area contributed by atoms with Crippen LogP contribution in [0.4, 0.5) is 5.69 Å². The van der Waals surface area contributed by atoms with Crippen molar-refractivity contribution in [1.29, 1.82) is 0 Å². The van der Waals surface area contributed by atoms with Crippen molar-refractivity contribution in [3.8, 4) is 28.7 Å². The number of carbonyl (C=O) groups excluding carboxylic acids is 1. The SMILES string of the molecule is COc1ccc(Cl)cc1N=C1NC(=O)/C(=C/c2ccc(OCc3ccc4c(c3)OCO4)c(OC)c2)S1. The Labute approximate surface area is 216 Å². The first-order chi connectivity index (χ1) is 17.5. The number of amides is 1. The van der Waals surface area contributed by atoms with E-state index in [-0.39, 0.29) is 12.7 Å². The summed E-state index contributed by atoms with van der Waals surface area (Å²) >= 11 is 7.31. The summed E-state index contributed by atoms with van der Waals surface area (Å²) in [4.78, 5) is 17.5. The minimum atomic E-state index is -0.248. The molecule has 5 rings (SSSR count). The predicted molar refractivity (Wildman–Crippen MR) is 139 cm³/mol. The number of halogens is 1. The third kappa shape index (κ3) is 5.22. The Bertz CT molecular complexity index is 1390. The van der Waals surface area contributed by atoms with Crippen LogP contribution in [0.2, 0.25) is 5.02 Å². The van der Waals surface area contributed by atoms with Crippen molar-refractivity contribution in [2.45, 2.75) is 6.61 Å². The molecule has 36 heavy (non-hydrogen) atoms. The number of fused-ring (bicyclic) bond motifs is 1. The second-order valence-corrected chi connectivity index (χ2v) is 9.15. The second-order valence-electron chi connectivity index (χ2n) is 7.68. The zero-order chi connectivity index (χ0) is 25.1. The van der Waals surface area contributed by atoms with Crippen molar-refractivity contribution in [1.82, 2.24) is 5.32 Å². The Morgan fingerprint density at radius 1 is 1.00 bits per heavy atom. The largest absolute Gasteiger partial charge is 0.494 e. The number of amidine groups is 1. The molecule has 2 aliphatic rings. The molecule has 1 saturated heterocycles. The zero-order valence-electron chi connectivity index (χ0n) is 19.4. The molecule has 3 aromatic carbocycles. The minimum Gasteiger partial charge on any atom is -0.494 e. The van der Waals surface area contributed by atoms with Crippen LogP contribution in [0.5, 0.6) is 28.7 Å². The van der Waals surface area contributed by atoms with Gasteiger partial charge in [0, 0.05) is 5.02 Å². The fourth-order valence-corrected chi connectivity index (χ4v) is 4.58. The molecular weight excluding hydrogens is 504 g/mol. The van der Waals surface area contributed by atoms with Crippen LogP contribution in [-0.2, 0) is 11.4 Å². The highest BCUT2D eigenvalue weighted by molar-refractivity contribution is 8.18. The third-order valence-electron chi connectivity index (χ3n) is 5.33. The molecule has 2 heterocycles. The molecule has 1 fully saturated rings. The number of ether oxygens (including phenoxy) is 5. The number of hydrogen-bond donors (Lipinski definition) is 1. The van der Waals surface area contributed by atoms with Crippen molar-refractivity contribution >= 4 is 46.2 Å². The number of methoxy groups -OCH3 is 2. The number of benzene rings is 3. The Balaban J connectivity index is 1.30. The summed E-state index contributed by atoms with van der Waals surface area (Å²) in [5.74, 6) is 2.86. The Hall–Kier alpha value is -3.82. The molecule has 0 bridgehead atoms. The molecule has 184 valence electrons. The molecule has 8 nitrogen and oxygen atoms in total. The van der Waals surface area contributed by atoms with Crippen molar-refractivity contribution in [3.63, 3.8) is 0 Å². The summed E-state index contributed by atoms with van der Waals surface area (Å²) < 4.78 is 27.6. The molecule has 3 aromatic rings. The molecule has 1 amide bonds. The van der Waals surface area contributed by atoms with Gasteiger partial charge in [0.2, 0.25) is 6.79 Å². The van der Waals surface area contributed by atoms with E-state index in [1.807, 2.05) is 36.4 Å². The molecule has 0 aromatic heterocycles. The van der Waals surface area contributed by atoms with E-state index in [0.29, 0.717) is 50.4 Å². The molecule has 2 aliphatic heterocycles. The standard InChI is InChI=1S/C26H21ClN2O6S/c1-31-19-8-5-17(27)12-18(19)28-26-29-25(30)24(36-26)11-15-3-6-20(22(9-15)32-2)33-13-16-4-7-21-23(10-16)35-14-34-21/h3-12H,13-14H2,1-2H3,(H,28,29,30)/b24-11-. The van der Waals surface area contributed by atoms with E-state index in [9.17, 15) is 4.79 Å². The fraction of sp³-hybridized carbons (Fsp3) is 0.154. The van der Waals surface area contributed by atoms with Crippen LogP contribution >= 0.6 is 23.4 Å². The second kappa shape index (κ2) is 10.4. The molecule has 0 radical (unpaired) electrons. The van der Waals surface area contributed by atoms with Crippen molar-refractivity contribution in [3.05, 3.63) is 75.7 Å². The first-order valence-corrected chi connectivity index (χ1v) is 12.0. The van der Waals surface area contributed by atoms with Gasteiger partial charge < -0.3 is 29.0 Å². The lowest BCUT2D eigenvalue weighted by Crippen LogP contribution is -2.19. The summed E-state index contributed by atoms with van der Waals surface area (Å²) in [5, 5.41) is 3.73. The van der Waals surface area contributed by atoms with Gasteiger partial charge in [-0.2, -0.15) is 0 Å². The molecular formula is C26H21ClN2O6S. The van der Waals surface area contributed by atoms with Crippen molar-refractivity contribution in [2.75, 3.05) is 21.0 Å². The average molecular weight is 525 g/mol. The van der Waals surface area contributed by atoms with Crippen LogP contribution in [0.15, 0.2) is 64.5 Å². The van der Waals surface area contributed by atoms with Crippen LogP contribution in [0.1, 0.15) is 11.1 Å². The van der Waals surface area contributed by atoms with Gasteiger partial charge >= 0.3 is 0 Å². The van der Waals surface area contributed by atoms with E-state index in [2.05, 4.69) is 10.3 Å². The maximum atomic E-state index is 12.5. The fourth-order valence-electron chi connectivity index (χ4n) is 3.58. The van der Waals surface area contributed by atoms with Gasteiger partial charge in [0.15, 0.2) is 28.2 Å². The molecule has 0 spiro atoms.